The predicted octanol–water partition coefficient (Wildman–Crippen LogP) is 3.88. The van der Waals surface area contributed by atoms with Crippen molar-refractivity contribution >= 4 is 46.5 Å². The summed E-state index contributed by atoms with van der Waals surface area (Å²) in [6.07, 6.45) is -0.829. The van der Waals surface area contributed by atoms with Gasteiger partial charge in [0.05, 0.1) is 9.90 Å². The second kappa shape index (κ2) is 6.55. The summed E-state index contributed by atoms with van der Waals surface area (Å²) in [6.45, 7) is 0.0792. The molecule has 0 fully saturated rings. The minimum absolute atomic E-state index is 0.0687. The number of ether oxygens (including phenoxy) is 2. The molecule has 0 aliphatic carbocycles. The van der Waals surface area contributed by atoms with Crippen LogP contribution in [0.5, 0.6) is 11.5 Å². The number of amides is 1. The molecule has 0 radical (unpaired) electrons. The van der Waals surface area contributed by atoms with Crippen molar-refractivity contribution in [2.45, 2.75) is 6.10 Å². The lowest BCUT2D eigenvalue weighted by atomic mass is 10.2. The highest BCUT2D eigenvalue weighted by Crippen LogP contribution is 2.38. The van der Waals surface area contributed by atoms with E-state index in [2.05, 4.69) is 15.5 Å². The Bertz CT molecular complexity index is 943. The Balaban J connectivity index is 1.46. The minimum atomic E-state index is -0.829. The monoisotopic (exact) mass is 397 g/mol. The molecule has 128 valence electrons. The third-order valence-electron chi connectivity index (χ3n) is 3.34. The molecule has 1 aromatic carbocycles. The summed E-state index contributed by atoms with van der Waals surface area (Å²) in [5, 5.41) is 10.1. The lowest BCUT2D eigenvalue weighted by Gasteiger charge is -2.24. The minimum Gasteiger partial charge on any atom is -0.485 e. The average Bonchev–Trinajstić information content (AvgIpc) is 3.20. The second-order valence-corrected chi connectivity index (χ2v) is 7.29. The van der Waals surface area contributed by atoms with Crippen LogP contribution in [0, 0.1) is 0 Å². The van der Waals surface area contributed by atoms with Crippen molar-refractivity contribution < 1.29 is 18.7 Å². The van der Waals surface area contributed by atoms with Gasteiger partial charge < -0.3 is 13.9 Å². The molecule has 10 heteroatoms. The maximum Gasteiger partial charge on any atom is 0.322 e. The van der Waals surface area contributed by atoms with E-state index in [1.54, 1.807) is 24.3 Å². The third kappa shape index (κ3) is 3.28. The Kier molecular flexibility index (Phi) is 4.24. The van der Waals surface area contributed by atoms with E-state index in [4.69, 9.17) is 37.1 Å². The summed E-state index contributed by atoms with van der Waals surface area (Å²) >= 11 is 13.1. The van der Waals surface area contributed by atoms with Crippen LogP contribution in [-0.2, 0) is 4.79 Å². The maximum absolute atomic E-state index is 12.3. The fourth-order valence-electron chi connectivity index (χ4n) is 2.20. The van der Waals surface area contributed by atoms with E-state index >= 15 is 0 Å². The molecule has 0 saturated carbocycles. The van der Waals surface area contributed by atoms with Gasteiger partial charge in [0, 0.05) is 0 Å². The lowest BCUT2D eigenvalue weighted by molar-refractivity contribution is -0.125. The largest absolute Gasteiger partial charge is 0.485 e. The summed E-state index contributed by atoms with van der Waals surface area (Å²) in [4.78, 5) is 12.3. The number of anilines is 1. The smallest absolute Gasteiger partial charge is 0.322 e. The van der Waals surface area contributed by atoms with E-state index in [0.29, 0.717) is 25.7 Å². The Hall–Kier alpha value is -2.29. The lowest BCUT2D eigenvalue weighted by Crippen LogP contribution is -2.40. The number of rotatable bonds is 3. The van der Waals surface area contributed by atoms with Crippen LogP contribution in [0.25, 0.3) is 11.5 Å². The van der Waals surface area contributed by atoms with E-state index in [-0.39, 0.29) is 18.5 Å². The molecule has 0 spiro atoms. The van der Waals surface area contributed by atoms with E-state index < -0.39 is 12.0 Å². The van der Waals surface area contributed by atoms with Gasteiger partial charge in [-0.25, -0.2) is 0 Å². The van der Waals surface area contributed by atoms with Crippen LogP contribution >= 0.6 is 34.5 Å². The molecule has 4 rings (SSSR count). The van der Waals surface area contributed by atoms with Crippen LogP contribution in [0.15, 0.2) is 34.7 Å². The van der Waals surface area contributed by atoms with Crippen LogP contribution < -0.4 is 14.8 Å². The number of hydrogen-bond acceptors (Lipinski definition) is 7. The van der Waals surface area contributed by atoms with Gasteiger partial charge in [-0.3, -0.25) is 10.1 Å². The number of fused-ring (bicyclic) bond motifs is 1. The molecule has 1 N–H and O–H groups in total. The van der Waals surface area contributed by atoms with Crippen molar-refractivity contribution in [3.63, 3.8) is 0 Å². The Morgan fingerprint density at radius 1 is 1.24 bits per heavy atom. The number of hydrogen-bond donors (Lipinski definition) is 1. The average molecular weight is 398 g/mol. The van der Waals surface area contributed by atoms with Gasteiger partial charge in [-0.15, -0.1) is 16.4 Å². The van der Waals surface area contributed by atoms with Crippen LogP contribution in [0.1, 0.15) is 0 Å². The quantitative estimate of drug-likeness (QED) is 0.721. The molecule has 3 aromatic rings. The highest BCUT2D eigenvalue weighted by atomic mass is 35.5. The first-order chi connectivity index (χ1) is 12.1. The van der Waals surface area contributed by atoms with Crippen LogP contribution in [0.2, 0.25) is 8.67 Å². The Morgan fingerprint density at radius 2 is 2.04 bits per heavy atom. The standard InChI is InChI=1S/C15H9Cl2N3O4S/c16-11-5-7(12(17)25-11)14-19-20-15(24-14)18-13(21)10-6-22-8-3-1-2-4-9(8)23-10/h1-5,10H,6H2,(H,18,20,21)/t10-/m1/s1. The van der Waals surface area contributed by atoms with Gasteiger partial charge in [-0.1, -0.05) is 40.4 Å². The first-order valence-electron chi connectivity index (χ1n) is 7.08. The van der Waals surface area contributed by atoms with E-state index in [9.17, 15) is 4.79 Å². The van der Waals surface area contributed by atoms with Gasteiger partial charge in [-0.2, -0.15) is 0 Å². The van der Waals surface area contributed by atoms with Crippen molar-refractivity contribution in [3.8, 4) is 23.0 Å². The fraction of sp³-hybridized carbons (Fsp3) is 0.133. The molecular formula is C15H9Cl2N3O4S. The van der Waals surface area contributed by atoms with Crippen LogP contribution in [0.4, 0.5) is 6.01 Å². The third-order valence-corrected chi connectivity index (χ3v) is 4.83. The van der Waals surface area contributed by atoms with Crippen molar-refractivity contribution in [2.75, 3.05) is 11.9 Å². The molecule has 1 aliphatic heterocycles. The molecular weight excluding hydrogens is 389 g/mol. The van der Waals surface area contributed by atoms with Crippen LogP contribution in [-0.4, -0.2) is 28.8 Å². The topological polar surface area (TPSA) is 86.5 Å². The number of thiophene rings is 1. The number of para-hydroxylation sites is 2. The van der Waals surface area contributed by atoms with Gasteiger partial charge in [0.15, 0.2) is 11.5 Å². The van der Waals surface area contributed by atoms with Gasteiger partial charge in [-0.05, 0) is 18.2 Å². The van der Waals surface area contributed by atoms with Gasteiger partial charge in [0.25, 0.3) is 11.8 Å². The number of nitrogens with one attached hydrogen (secondary N) is 1. The van der Waals surface area contributed by atoms with Gasteiger partial charge in [0.2, 0.25) is 6.10 Å². The first kappa shape index (κ1) is 16.2. The zero-order valence-corrected chi connectivity index (χ0v) is 14.7. The van der Waals surface area contributed by atoms with Crippen molar-refractivity contribution in [3.05, 3.63) is 39.0 Å². The SMILES string of the molecule is O=C(Nc1nnc(-c2cc(Cl)sc2Cl)o1)[C@H]1COc2ccccc2O1. The van der Waals surface area contributed by atoms with E-state index in [1.165, 1.54) is 11.3 Å². The Labute approximate surface area is 155 Å². The van der Waals surface area contributed by atoms with E-state index in [0.717, 1.165) is 0 Å². The molecule has 1 aliphatic rings. The van der Waals surface area contributed by atoms with Gasteiger partial charge >= 0.3 is 6.01 Å². The van der Waals surface area contributed by atoms with Gasteiger partial charge in [0.1, 0.15) is 10.9 Å². The molecule has 0 saturated heterocycles. The first-order valence-corrected chi connectivity index (χ1v) is 8.65. The Morgan fingerprint density at radius 3 is 2.80 bits per heavy atom. The molecule has 1 amide bonds. The summed E-state index contributed by atoms with van der Waals surface area (Å²) in [5.41, 5.74) is 0.510. The normalized spacial score (nSPS) is 15.8. The fourth-order valence-corrected chi connectivity index (χ4v) is 3.65. The number of nitrogens with zero attached hydrogens (tertiary/aromatic N) is 2. The summed E-state index contributed by atoms with van der Waals surface area (Å²) in [6, 6.07) is 8.65. The number of halogens is 2. The molecule has 7 nitrogen and oxygen atoms in total. The molecule has 0 unspecified atom stereocenters. The zero-order valence-electron chi connectivity index (χ0n) is 12.4. The highest BCUT2D eigenvalue weighted by molar-refractivity contribution is 7.20. The summed E-state index contributed by atoms with van der Waals surface area (Å²) < 4.78 is 17.4. The number of benzene rings is 1. The highest BCUT2D eigenvalue weighted by Gasteiger charge is 2.28. The molecule has 25 heavy (non-hydrogen) atoms. The maximum atomic E-state index is 12.3. The van der Waals surface area contributed by atoms with E-state index in [1.807, 2.05) is 6.07 Å². The van der Waals surface area contributed by atoms with Crippen molar-refractivity contribution in [2.24, 2.45) is 0 Å². The van der Waals surface area contributed by atoms with Crippen molar-refractivity contribution in [1.29, 1.82) is 0 Å². The summed E-state index contributed by atoms with van der Waals surface area (Å²) in [7, 11) is 0. The molecule has 1 atom stereocenters. The molecule has 3 heterocycles. The number of aromatic nitrogens is 2. The molecule has 2 aromatic heterocycles. The summed E-state index contributed by atoms with van der Waals surface area (Å²) in [5.74, 6) is 0.796. The number of carbonyl (C=O) groups excluding carboxylic acids is 1. The number of carbonyl (C=O) groups is 1. The van der Waals surface area contributed by atoms with Crippen LogP contribution in [0.3, 0.4) is 0 Å². The predicted molar refractivity (Wildman–Crippen MR) is 92.6 cm³/mol. The van der Waals surface area contributed by atoms with Crippen molar-refractivity contribution in [1.82, 2.24) is 10.2 Å². The zero-order chi connectivity index (χ0) is 17.4. The second-order valence-electron chi connectivity index (χ2n) is 5.00. The molecule has 0 bridgehead atoms.